The summed E-state index contributed by atoms with van der Waals surface area (Å²) in [6, 6.07) is 8.12. The van der Waals surface area contributed by atoms with Crippen molar-refractivity contribution in [2.75, 3.05) is 52.6 Å². The fraction of sp³-hybridized carbons (Fsp3) is 0.667. The Balaban J connectivity index is 1.56. The van der Waals surface area contributed by atoms with Crippen LogP contribution in [0, 0.1) is 6.92 Å². The third-order valence-electron chi connectivity index (χ3n) is 5.49. The van der Waals surface area contributed by atoms with Crippen molar-refractivity contribution in [2.24, 2.45) is 0 Å². The molecule has 0 unspecified atom stereocenters. The molecule has 1 aromatic carbocycles. The first-order valence-electron chi connectivity index (χ1n) is 10.1. The van der Waals surface area contributed by atoms with Crippen LogP contribution in [0.1, 0.15) is 25.3 Å². The highest BCUT2D eigenvalue weighted by molar-refractivity contribution is 5.67. The molecule has 1 atom stereocenters. The summed E-state index contributed by atoms with van der Waals surface area (Å²) in [6.45, 7) is 7.89. The zero-order chi connectivity index (χ0) is 20.0. The maximum absolute atomic E-state index is 11.9. The Morgan fingerprint density at radius 2 is 2.04 bits per heavy atom. The number of ether oxygens (including phenoxy) is 3. The average molecular weight is 392 g/mol. The number of rotatable bonds is 5. The lowest BCUT2D eigenvalue weighted by molar-refractivity contribution is -0.0689. The van der Waals surface area contributed by atoms with Crippen LogP contribution in [0.4, 0.5) is 4.79 Å². The van der Waals surface area contributed by atoms with E-state index in [4.69, 9.17) is 14.2 Å². The fourth-order valence-corrected chi connectivity index (χ4v) is 3.90. The van der Waals surface area contributed by atoms with E-state index in [9.17, 15) is 9.90 Å². The Hall–Kier alpha value is -1.83. The summed E-state index contributed by atoms with van der Waals surface area (Å²) in [6.07, 6.45) is 1.50. The summed E-state index contributed by atoms with van der Waals surface area (Å²) >= 11 is 0. The van der Waals surface area contributed by atoms with Crippen LogP contribution in [0.2, 0.25) is 0 Å². The van der Waals surface area contributed by atoms with E-state index in [1.807, 2.05) is 38.1 Å². The quantitative estimate of drug-likeness (QED) is 0.827. The van der Waals surface area contributed by atoms with E-state index in [2.05, 4.69) is 4.90 Å². The SMILES string of the molecule is CCOC(=O)N1CCC(N2CCOC[C@](O)(COc3ccccc3C)C2)CC1. The molecule has 0 saturated carbocycles. The maximum Gasteiger partial charge on any atom is 0.409 e. The maximum atomic E-state index is 11.9. The molecule has 0 aliphatic carbocycles. The minimum atomic E-state index is -1.06. The molecule has 7 nitrogen and oxygen atoms in total. The summed E-state index contributed by atoms with van der Waals surface area (Å²) in [5.41, 5.74) is -0.0133. The summed E-state index contributed by atoms with van der Waals surface area (Å²) < 4.78 is 16.7. The van der Waals surface area contributed by atoms with Crippen LogP contribution in [0.15, 0.2) is 24.3 Å². The van der Waals surface area contributed by atoms with Crippen LogP contribution in [0.25, 0.3) is 0 Å². The number of hydrogen-bond acceptors (Lipinski definition) is 6. The molecule has 0 aromatic heterocycles. The molecular formula is C21H32N2O5. The van der Waals surface area contributed by atoms with E-state index in [-0.39, 0.29) is 19.3 Å². The molecule has 2 fully saturated rings. The van der Waals surface area contributed by atoms with Crippen molar-refractivity contribution in [1.29, 1.82) is 0 Å². The van der Waals surface area contributed by atoms with Crippen molar-refractivity contribution >= 4 is 6.09 Å². The van der Waals surface area contributed by atoms with Gasteiger partial charge in [0.15, 0.2) is 0 Å². The topological polar surface area (TPSA) is 71.5 Å². The first kappa shape index (κ1) is 20.9. The van der Waals surface area contributed by atoms with Gasteiger partial charge in [-0.1, -0.05) is 18.2 Å². The zero-order valence-corrected chi connectivity index (χ0v) is 16.9. The Bertz CT molecular complexity index is 647. The second-order valence-electron chi connectivity index (χ2n) is 7.72. The van der Waals surface area contributed by atoms with E-state index in [1.54, 1.807) is 4.90 Å². The predicted molar refractivity (Wildman–Crippen MR) is 106 cm³/mol. The molecule has 0 radical (unpaired) electrons. The summed E-state index contributed by atoms with van der Waals surface area (Å²) in [5, 5.41) is 11.1. The Morgan fingerprint density at radius 1 is 1.29 bits per heavy atom. The Labute approximate surface area is 167 Å². The minimum absolute atomic E-state index is 0.191. The van der Waals surface area contributed by atoms with Gasteiger partial charge >= 0.3 is 6.09 Å². The Morgan fingerprint density at radius 3 is 2.75 bits per heavy atom. The van der Waals surface area contributed by atoms with Crippen molar-refractivity contribution in [2.45, 2.75) is 38.3 Å². The predicted octanol–water partition coefficient (Wildman–Crippen LogP) is 2.06. The van der Waals surface area contributed by atoms with Crippen molar-refractivity contribution in [3.63, 3.8) is 0 Å². The molecule has 156 valence electrons. The van der Waals surface area contributed by atoms with Gasteiger partial charge in [-0.3, -0.25) is 4.90 Å². The lowest BCUT2D eigenvalue weighted by atomic mass is 10.00. The van der Waals surface area contributed by atoms with E-state index in [0.29, 0.717) is 38.9 Å². The van der Waals surface area contributed by atoms with Crippen LogP contribution in [0.3, 0.4) is 0 Å². The molecule has 0 spiro atoms. The monoisotopic (exact) mass is 392 g/mol. The lowest BCUT2D eigenvalue weighted by Gasteiger charge is -2.39. The molecule has 2 aliphatic rings. The van der Waals surface area contributed by atoms with Crippen molar-refractivity contribution < 1.29 is 24.1 Å². The number of carbonyl (C=O) groups is 1. The molecule has 2 saturated heterocycles. The minimum Gasteiger partial charge on any atom is -0.490 e. The third-order valence-corrected chi connectivity index (χ3v) is 5.49. The van der Waals surface area contributed by atoms with Crippen LogP contribution < -0.4 is 4.74 Å². The highest BCUT2D eigenvalue weighted by atomic mass is 16.6. The summed E-state index contributed by atoms with van der Waals surface area (Å²) in [4.78, 5) is 16.0. The number of aryl methyl sites for hydroxylation is 1. The average Bonchev–Trinajstić information content (AvgIpc) is 2.90. The number of β-amino-alcohol motifs (C(OH)–C–C–N with tert-alkyl or cyclic N) is 1. The van der Waals surface area contributed by atoms with Crippen LogP contribution >= 0.6 is 0 Å². The van der Waals surface area contributed by atoms with Gasteiger partial charge in [-0.2, -0.15) is 0 Å². The number of hydrogen-bond donors (Lipinski definition) is 1. The zero-order valence-electron chi connectivity index (χ0n) is 16.9. The normalized spacial score (nSPS) is 24.6. The van der Waals surface area contributed by atoms with Gasteiger partial charge in [-0.05, 0) is 38.3 Å². The number of piperidine rings is 1. The van der Waals surface area contributed by atoms with Gasteiger partial charge in [0, 0.05) is 32.2 Å². The molecule has 1 aromatic rings. The second kappa shape index (κ2) is 9.58. The molecule has 3 rings (SSSR count). The molecule has 2 aliphatic heterocycles. The highest BCUT2D eigenvalue weighted by Gasteiger charge is 2.37. The molecule has 2 heterocycles. The largest absolute Gasteiger partial charge is 0.490 e. The van der Waals surface area contributed by atoms with Gasteiger partial charge in [0.25, 0.3) is 0 Å². The first-order valence-corrected chi connectivity index (χ1v) is 10.1. The van der Waals surface area contributed by atoms with E-state index >= 15 is 0 Å². The fourth-order valence-electron chi connectivity index (χ4n) is 3.90. The highest BCUT2D eigenvalue weighted by Crippen LogP contribution is 2.24. The van der Waals surface area contributed by atoms with Gasteiger partial charge in [0.05, 0.1) is 19.8 Å². The molecule has 28 heavy (non-hydrogen) atoms. The number of aliphatic hydroxyl groups is 1. The van der Waals surface area contributed by atoms with E-state index in [1.165, 1.54) is 0 Å². The van der Waals surface area contributed by atoms with Gasteiger partial charge in [0.2, 0.25) is 0 Å². The smallest absolute Gasteiger partial charge is 0.409 e. The lowest BCUT2D eigenvalue weighted by Crippen LogP contribution is -2.54. The second-order valence-corrected chi connectivity index (χ2v) is 7.72. The molecular weight excluding hydrogens is 360 g/mol. The molecule has 1 N–H and O–H groups in total. The number of para-hydroxylation sites is 1. The number of amides is 1. The molecule has 0 bridgehead atoms. The van der Waals surface area contributed by atoms with Gasteiger partial charge in [-0.15, -0.1) is 0 Å². The van der Waals surface area contributed by atoms with Crippen molar-refractivity contribution in [1.82, 2.24) is 9.80 Å². The number of carbonyl (C=O) groups excluding carboxylic acids is 1. The number of likely N-dealkylation sites (tertiary alicyclic amines) is 1. The number of nitrogens with zero attached hydrogens (tertiary/aromatic N) is 2. The Kier molecular flexibility index (Phi) is 7.15. The van der Waals surface area contributed by atoms with Gasteiger partial charge in [0.1, 0.15) is 18.0 Å². The third kappa shape index (κ3) is 5.37. The van der Waals surface area contributed by atoms with E-state index in [0.717, 1.165) is 30.7 Å². The van der Waals surface area contributed by atoms with Crippen molar-refractivity contribution in [3.8, 4) is 5.75 Å². The van der Waals surface area contributed by atoms with E-state index < -0.39 is 5.60 Å². The van der Waals surface area contributed by atoms with Crippen LogP contribution in [0.5, 0.6) is 5.75 Å². The standard InChI is InChI=1S/C21H32N2O5/c1-3-27-20(24)22-10-8-18(9-11-22)23-12-13-26-15-21(25,14-23)16-28-19-7-5-4-6-17(19)2/h4-7,18,25H,3,8-16H2,1-2H3/t21-/m0/s1. The first-order chi connectivity index (χ1) is 13.5. The van der Waals surface area contributed by atoms with Crippen LogP contribution in [-0.4, -0.2) is 85.2 Å². The summed E-state index contributed by atoms with van der Waals surface area (Å²) in [7, 11) is 0. The molecule has 1 amide bonds. The van der Waals surface area contributed by atoms with Gasteiger partial charge < -0.3 is 24.2 Å². The van der Waals surface area contributed by atoms with Gasteiger partial charge in [-0.25, -0.2) is 4.79 Å². The number of benzene rings is 1. The molecule has 7 heteroatoms. The summed E-state index contributed by atoms with van der Waals surface area (Å²) in [5.74, 6) is 0.787. The van der Waals surface area contributed by atoms with Crippen molar-refractivity contribution in [3.05, 3.63) is 29.8 Å². The van der Waals surface area contributed by atoms with Crippen LogP contribution in [-0.2, 0) is 9.47 Å².